The standard InChI is InChI=1S/C17H18ClN3O/c18-14-6-3-5-13(11-14)17(22)20-12-15-7-4-10-21(15)16-8-1-2-9-19-16/h1-3,5-6,8-9,11,15H,4,7,10,12H2,(H,20,22)/t15-/m0/s1. The fraction of sp³-hybridized carbons (Fsp3) is 0.294. The number of rotatable bonds is 4. The van der Waals surface area contributed by atoms with Gasteiger partial charge in [-0.3, -0.25) is 4.79 Å². The van der Waals surface area contributed by atoms with E-state index >= 15 is 0 Å². The molecule has 2 heterocycles. The van der Waals surface area contributed by atoms with Gasteiger partial charge >= 0.3 is 0 Å². The third-order valence-corrected chi connectivity index (χ3v) is 4.14. The summed E-state index contributed by atoms with van der Waals surface area (Å²) in [5.74, 6) is 0.886. The average Bonchev–Trinajstić information content (AvgIpc) is 3.02. The molecular formula is C17H18ClN3O. The van der Waals surface area contributed by atoms with Gasteiger partial charge in [-0.05, 0) is 43.2 Å². The molecule has 114 valence electrons. The van der Waals surface area contributed by atoms with E-state index in [-0.39, 0.29) is 11.9 Å². The van der Waals surface area contributed by atoms with Crippen LogP contribution in [-0.2, 0) is 0 Å². The van der Waals surface area contributed by atoms with Crippen molar-refractivity contribution >= 4 is 23.3 Å². The van der Waals surface area contributed by atoms with E-state index in [4.69, 9.17) is 11.6 Å². The molecule has 0 aliphatic carbocycles. The lowest BCUT2D eigenvalue weighted by molar-refractivity contribution is 0.0951. The molecule has 1 aliphatic rings. The summed E-state index contributed by atoms with van der Waals surface area (Å²) >= 11 is 5.92. The van der Waals surface area contributed by atoms with Gasteiger partial charge in [0.2, 0.25) is 0 Å². The lowest BCUT2D eigenvalue weighted by Gasteiger charge is -2.25. The summed E-state index contributed by atoms with van der Waals surface area (Å²) in [4.78, 5) is 18.9. The predicted octanol–water partition coefficient (Wildman–Crippen LogP) is 3.13. The minimum atomic E-state index is -0.0876. The molecule has 1 aliphatic heterocycles. The molecule has 2 aromatic rings. The van der Waals surface area contributed by atoms with Gasteiger partial charge < -0.3 is 10.2 Å². The van der Waals surface area contributed by atoms with Gasteiger partial charge in [0.25, 0.3) is 5.91 Å². The molecule has 1 fully saturated rings. The first-order chi connectivity index (χ1) is 10.7. The molecule has 3 rings (SSSR count). The molecule has 1 aromatic heterocycles. The van der Waals surface area contributed by atoms with Crippen molar-refractivity contribution in [3.05, 3.63) is 59.2 Å². The number of amides is 1. The molecule has 0 radical (unpaired) electrons. The van der Waals surface area contributed by atoms with Crippen LogP contribution in [0.4, 0.5) is 5.82 Å². The Balaban J connectivity index is 1.62. The van der Waals surface area contributed by atoms with Crippen LogP contribution in [0.5, 0.6) is 0 Å². The minimum Gasteiger partial charge on any atom is -0.352 e. The molecule has 4 nitrogen and oxygen atoms in total. The Morgan fingerprint density at radius 1 is 1.32 bits per heavy atom. The second-order valence-electron chi connectivity index (χ2n) is 5.40. The monoisotopic (exact) mass is 315 g/mol. The Kier molecular flexibility index (Phi) is 4.59. The topological polar surface area (TPSA) is 45.2 Å². The van der Waals surface area contributed by atoms with Crippen LogP contribution in [0.2, 0.25) is 5.02 Å². The molecule has 1 N–H and O–H groups in total. The summed E-state index contributed by atoms with van der Waals surface area (Å²) < 4.78 is 0. The van der Waals surface area contributed by atoms with Gasteiger partial charge in [0.05, 0.1) is 0 Å². The molecule has 5 heteroatoms. The number of aromatic nitrogens is 1. The van der Waals surface area contributed by atoms with Crippen LogP contribution in [0.25, 0.3) is 0 Å². The third kappa shape index (κ3) is 3.39. The van der Waals surface area contributed by atoms with Crippen LogP contribution >= 0.6 is 11.6 Å². The van der Waals surface area contributed by atoms with Crippen LogP contribution in [-0.4, -0.2) is 30.0 Å². The van der Waals surface area contributed by atoms with Crippen LogP contribution in [0.15, 0.2) is 48.7 Å². The van der Waals surface area contributed by atoms with Crippen molar-refractivity contribution in [1.29, 1.82) is 0 Å². The summed E-state index contributed by atoms with van der Waals surface area (Å²) in [6, 6.07) is 13.2. The molecule has 1 saturated heterocycles. The van der Waals surface area contributed by atoms with E-state index in [2.05, 4.69) is 15.2 Å². The lowest BCUT2D eigenvalue weighted by Crippen LogP contribution is -2.40. The van der Waals surface area contributed by atoms with E-state index in [1.807, 2.05) is 18.2 Å². The zero-order valence-corrected chi connectivity index (χ0v) is 13.0. The quantitative estimate of drug-likeness (QED) is 0.943. The zero-order chi connectivity index (χ0) is 15.4. The van der Waals surface area contributed by atoms with Gasteiger partial charge in [0, 0.05) is 35.9 Å². The zero-order valence-electron chi connectivity index (χ0n) is 12.2. The first-order valence-corrected chi connectivity index (χ1v) is 7.83. The predicted molar refractivity (Wildman–Crippen MR) is 88.4 cm³/mol. The van der Waals surface area contributed by atoms with Gasteiger partial charge in [-0.15, -0.1) is 0 Å². The van der Waals surface area contributed by atoms with Crippen molar-refractivity contribution in [3.8, 4) is 0 Å². The summed E-state index contributed by atoms with van der Waals surface area (Å²) in [6.45, 7) is 1.59. The smallest absolute Gasteiger partial charge is 0.251 e. The molecule has 1 amide bonds. The van der Waals surface area contributed by atoms with Gasteiger partial charge in [0.15, 0.2) is 0 Å². The van der Waals surface area contributed by atoms with Crippen LogP contribution < -0.4 is 10.2 Å². The molecule has 0 unspecified atom stereocenters. The van der Waals surface area contributed by atoms with E-state index < -0.39 is 0 Å². The molecule has 1 aromatic carbocycles. The Morgan fingerprint density at radius 2 is 2.23 bits per heavy atom. The van der Waals surface area contributed by atoms with Crippen LogP contribution in [0.1, 0.15) is 23.2 Å². The first-order valence-electron chi connectivity index (χ1n) is 7.45. The molecule has 1 atom stereocenters. The Labute approximate surface area is 135 Å². The maximum atomic E-state index is 12.2. The van der Waals surface area contributed by atoms with Crippen LogP contribution in [0.3, 0.4) is 0 Å². The van der Waals surface area contributed by atoms with E-state index in [1.165, 1.54) is 0 Å². The number of carbonyl (C=O) groups is 1. The summed E-state index contributed by atoms with van der Waals surface area (Å²) in [5, 5.41) is 3.57. The second-order valence-corrected chi connectivity index (χ2v) is 5.83. The number of halogens is 1. The summed E-state index contributed by atoms with van der Waals surface area (Å²) in [6.07, 6.45) is 3.98. The second kappa shape index (κ2) is 6.79. The van der Waals surface area contributed by atoms with Gasteiger partial charge in [-0.25, -0.2) is 4.98 Å². The third-order valence-electron chi connectivity index (χ3n) is 3.91. The molecule has 22 heavy (non-hydrogen) atoms. The van der Waals surface area contributed by atoms with Crippen molar-refractivity contribution < 1.29 is 4.79 Å². The number of pyridine rings is 1. The maximum Gasteiger partial charge on any atom is 0.251 e. The largest absolute Gasteiger partial charge is 0.352 e. The van der Waals surface area contributed by atoms with E-state index in [0.717, 1.165) is 25.2 Å². The molecule has 0 spiro atoms. The molecular weight excluding hydrogens is 298 g/mol. The Morgan fingerprint density at radius 3 is 3.00 bits per heavy atom. The SMILES string of the molecule is O=C(NC[C@@H]1CCCN1c1ccccn1)c1cccc(Cl)c1. The fourth-order valence-corrected chi connectivity index (χ4v) is 3.01. The van der Waals surface area contributed by atoms with Gasteiger partial charge in [-0.1, -0.05) is 23.7 Å². The Bertz CT molecular complexity index is 647. The van der Waals surface area contributed by atoms with Crippen molar-refractivity contribution in [3.63, 3.8) is 0 Å². The number of hydrogen-bond donors (Lipinski definition) is 1. The van der Waals surface area contributed by atoms with Gasteiger partial charge in [0.1, 0.15) is 5.82 Å². The lowest BCUT2D eigenvalue weighted by atomic mass is 10.2. The highest BCUT2D eigenvalue weighted by molar-refractivity contribution is 6.30. The van der Waals surface area contributed by atoms with Crippen molar-refractivity contribution in [2.75, 3.05) is 18.0 Å². The summed E-state index contributed by atoms with van der Waals surface area (Å²) in [7, 11) is 0. The highest BCUT2D eigenvalue weighted by Crippen LogP contribution is 2.23. The van der Waals surface area contributed by atoms with E-state index in [1.54, 1.807) is 30.5 Å². The number of benzene rings is 1. The van der Waals surface area contributed by atoms with E-state index in [9.17, 15) is 4.79 Å². The first kappa shape index (κ1) is 14.9. The number of anilines is 1. The molecule has 0 saturated carbocycles. The minimum absolute atomic E-state index is 0.0876. The number of nitrogens with zero attached hydrogens (tertiary/aromatic N) is 2. The summed E-state index contributed by atoms with van der Waals surface area (Å²) in [5.41, 5.74) is 0.592. The van der Waals surface area contributed by atoms with Crippen molar-refractivity contribution in [2.45, 2.75) is 18.9 Å². The highest BCUT2D eigenvalue weighted by Gasteiger charge is 2.25. The highest BCUT2D eigenvalue weighted by atomic mass is 35.5. The van der Waals surface area contributed by atoms with Crippen LogP contribution in [0, 0.1) is 0 Å². The van der Waals surface area contributed by atoms with E-state index in [0.29, 0.717) is 17.1 Å². The fourth-order valence-electron chi connectivity index (χ4n) is 2.82. The normalized spacial score (nSPS) is 17.5. The Hall–Kier alpha value is -2.07. The average molecular weight is 316 g/mol. The number of hydrogen-bond acceptors (Lipinski definition) is 3. The number of nitrogens with one attached hydrogen (secondary N) is 1. The number of carbonyl (C=O) groups excluding carboxylic acids is 1. The van der Waals surface area contributed by atoms with Gasteiger partial charge in [-0.2, -0.15) is 0 Å². The van der Waals surface area contributed by atoms with Crippen molar-refractivity contribution in [1.82, 2.24) is 10.3 Å². The van der Waals surface area contributed by atoms with Crippen molar-refractivity contribution in [2.24, 2.45) is 0 Å². The molecule has 0 bridgehead atoms. The maximum absolute atomic E-state index is 12.2.